The number of nitrogens with zero attached hydrogens (tertiary/aromatic N) is 4. The van der Waals surface area contributed by atoms with E-state index >= 15 is 0 Å². The molecule has 0 amide bonds. The minimum atomic E-state index is 0.0192. The molecule has 0 bridgehead atoms. The van der Waals surface area contributed by atoms with Crippen LogP contribution in [-0.4, -0.2) is 41.7 Å². The van der Waals surface area contributed by atoms with Gasteiger partial charge in [0.2, 0.25) is 0 Å². The van der Waals surface area contributed by atoms with Crippen LogP contribution in [0.1, 0.15) is 29.2 Å². The second kappa shape index (κ2) is 7.16. The molecule has 140 valence electrons. The third kappa shape index (κ3) is 2.95. The Hall–Kier alpha value is -2.49. The van der Waals surface area contributed by atoms with Crippen molar-refractivity contribution in [3.63, 3.8) is 0 Å². The van der Waals surface area contributed by atoms with Crippen LogP contribution in [0.5, 0.6) is 0 Å². The standard InChI is InChI=1S/C22H21AsN4O/c23-21-19-20(17-7-3-4-14(10-17)12-28)26-27(22(19)25-13-24-21)18-9-8-15-5-1-2-6-16(15)11-18/h1-7,10,13,18,28H,8-9,11-12,23H2. The molecule has 2 unspecified atom stereocenters. The summed E-state index contributed by atoms with van der Waals surface area (Å²) in [5, 5.41) is 15.6. The first-order valence-corrected chi connectivity index (χ1v) is 10.7. The fraction of sp³-hybridized carbons (Fsp3) is 0.227. The summed E-state index contributed by atoms with van der Waals surface area (Å²) in [6, 6.07) is 16.9. The maximum absolute atomic E-state index is 9.53. The monoisotopic (exact) mass is 432 g/mol. The zero-order valence-corrected chi connectivity index (χ0v) is 17.8. The summed E-state index contributed by atoms with van der Waals surface area (Å²) in [7, 11) is 0. The van der Waals surface area contributed by atoms with E-state index in [2.05, 4.69) is 38.9 Å². The maximum atomic E-state index is 9.53. The number of hydrogen-bond donors (Lipinski definition) is 1. The van der Waals surface area contributed by atoms with E-state index in [1.807, 2.05) is 24.3 Å². The minimum absolute atomic E-state index is 0.0192. The number of benzene rings is 2. The van der Waals surface area contributed by atoms with E-state index in [9.17, 15) is 5.11 Å². The van der Waals surface area contributed by atoms with Crippen molar-refractivity contribution in [2.24, 2.45) is 0 Å². The molecule has 2 aromatic carbocycles. The van der Waals surface area contributed by atoms with Crippen molar-refractivity contribution in [2.45, 2.75) is 31.9 Å². The molecular weight excluding hydrogens is 411 g/mol. The van der Waals surface area contributed by atoms with Gasteiger partial charge in [-0.2, -0.15) is 0 Å². The predicted octanol–water partition coefficient (Wildman–Crippen LogP) is 1.97. The van der Waals surface area contributed by atoms with Gasteiger partial charge in [0.05, 0.1) is 0 Å². The molecule has 5 nitrogen and oxygen atoms in total. The summed E-state index contributed by atoms with van der Waals surface area (Å²) < 4.78 is 3.10. The molecule has 5 rings (SSSR count). The molecule has 0 radical (unpaired) electrons. The fourth-order valence-electron chi connectivity index (χ4n) is 4.16. The Labute approximate surface area is 172 Å². The Morgan fingerprint density at radius 3 is 2.79 bits per heavy atom. The number of hydrogen-bond acceptors (Lipinski definition) is 4. The Balaban J connectivity index is 1.66. The van der Waals surface area contributed by atoms with Gasteiger partial charge in [-0.1, -0.05) is 0 Å². The van der Waals surface area contributed by atoms with E-state index in [0.29, 0.717) is 0 Å². The average Bonchev–Trinajstić information content (AvgIpc) is 3.14. The first kappa shape index (κ1) is 17.6. The van der Waals surface area contributed by atoms with Crippen LogP contribution in [0, 0.1) is 0 Å². The van der Waals surface area contributed by atoms with Gasteiger partial charge in [-0.05, 0) is 0 Å². The van der Waals surface area contributed by atoms with Gasteiger partial charge in [0.1, 0.15) is 0 Å². The van der Waals surface area contributed by atoms with E-state index in [4.69, 9.17) is 5.10 Å². The summed E-state index contributed by atoms with van der Waals surface area (Å²) in [6.45, 7) is 0.0192. The van der Waals surface area contributed by atoms with Gasteiger partial charge in [-0.25, -0.2) is 0 Å². The topological polar surface area (TPSA) is 63.8 Å². The quantitative estimate of drug-likeness (QED) is 0.503. The molecule has 6 heteroatoms. The van der Waals surface area contributed by atoms with Gasteiger partial charge >= 0.3 is 172 Å². The van der Waals surface area contributed by atoms with Crippen molar-refractivity contribution in [1.29, 1.82) is 0 Å². The van der Waals surface area contributed by atoms with Crippen molar-refractivity contribution >= 4 is 32.4 Å². The van der Waals surface area contributed by atoms with Crippen LogP contribution in [0.2, 0.25) is 0 Å². The third-order valence-corrected chi connectivity index (χ3v) is 6.49. The number of aliphatic hydroxyl groups excluding tert-OH is 1. The Bertz CT molecular complexity index is 1170. The van der Waals surface area contributed by atoms with Gasteiger partial charge in [-0.3, -0.25) is 0 Å². The van der Waals surface area contributed by atoms with Crippen molar-refractivity contribution in [1.82, 2.24) is 19.7 Å². The van der Waals surface area contributed by atoms with Crippen LogP contribution >= 0.6 is 0 Å². The predicted molar refractivity (Wildman–Crippen MR) is 112 cm³/mol. The van der Waals surface area contributed by atoms with Crippen LogP contribution in [-0.2, 0) is 19.4 Å². The van der Waals surface area contributed by atoms with E-state index in [0.717, 1.165) is 51.6 Å². The number of aromatic nitrogens is 4. The van der Waals surface area contributed by atoms with Gasteiger partial charge in [0, 0.05) is 0 Å². The van der Waals surface area contributed by atoms with Crippen LogP contribution in [0.3, 0.4) is 0 Å². The molecule has 0 spiro atoms. The van der Waals surface area contributed by atoms with Crippen molar-refractivity contribution in [2.75, 3.05) is 0 Å². The van der Waals surface area contributed by atoms with Crippen molar-refractivity contribution < 1.29 is 5.11 Å². The zero-order valence-electron chi connectivity index (χ0n) is 15.4. The number of aryl methyl sites for hydroxylation is 1. The second-order valence-corrected chi connectivity index (χ2v) is 8.42. The molecule has 1 N–H and O–H groups in total. The summed E-state index contributed by atoms with van der Waals surface area (Å²) in [4.78, 5) is 9.06. The van der Waals surface area contributed by atoms with E-state index in [1.54, 1.807) is 6.33 Å². The van der Waals surface area contributed by atoms with Crippen LogP contribution < -0.4 is 4.48 Å². The van der Waals surface area contributed by atoms with Crippen LogP contribution in [0.4, 0.5) is 0 Å². The number of aliphatic hydroxyl groups is 1. The Morgan fingerprint density at radius 1 is 1.07 bits per heavy atom. The van der Waals surface area contributed by atoms with Gasteiger partial charge in [0.25, 0.3) is 0 Å². The molecule has 1 aliphatic rings. The van der Waals surface area contributed by atoms with Gasteiger partial charge in [-0.15, -0.1) is 0 Å². The number of fused-ring (bicyclic) bond motifs is 2. The Morgan fingerprint density at radius 2 is 1.93 bits per heavy atom. The van der Waals surface area contributed by atoms with Crippen LogP contribution in [0.15, 0.2) is 54.9 Å². The summed E-state index contributed by atoms with van der Waals surface area (Å²) in [5.41, 5.74) is 6.54. The molecule has 0 fully saturated rings. The first-order chi connectivity index (χ1) is 13.7. The zero-order chi connectivity index (χ0) is 19.1. The molecule has 0 aliphatic heterocycles. The van der Waals surface area contributed by atoms with Gasteiger partial charge < -0.3 is 0 Å². The number of rotatable bonds is 3. The molecule has 4 aromatic rings. The molecular formula is C22H21AsN4O. The molecule has 28 heavy (non-hydrogen) atoms. The molecule has 2 aromatic heterocycles. The molecule has 2 atom stereocenters. The van der Waals surface area contributed by atoms with E-state index in [-0.39, 0.29) is 12.6 Å². The van der Waals surface area contributed by atoms with E-state index in [1.165, 1.54) is 28.0 Å². The molecule has 2 heterocycles. The summed E-state index contributed by atoms with van der Waals surface area (Å²) >= 11 is 1.48. The normalized spacial score (nSPS) is 16.3. The van der Waals surface area contributed by atoms with Crippen LogP contribution in [0.25, 0.3) is 22.3 Å². The van der Waals surface area contributed by atoms with Gasteiger partial charge in [0.15, 0.2) is 0 Å². The van der Waals surface area contributed by atoms with Crippen molar-refractivity contribution in [3.8, 4) is 11.3 Å². The second-order valence-electron chi connectivity index (χ2n) is 7.27. The fourth-order valence-corrected chi connectivity index (χ4v) is 4.85. The molecule has 0 saturated carbocycles. The third-order valence-electron chi connectivity index (χ3n) is 5.57. The first-order valence-electron chi connectivity index (χ1n) is 9.50. The van der Waals surface area contributed by atoms with Crippen molar-refractivity contribution in [3.05, 3.63) is 71.5 Å². The SMILES string of the molecule is OCc1cccc(-c2nn(C3CCc4ccccc4C3)c3ncnc([AsH2])c23)c1. The Kier molecular flexibility index (Phi) is 4.50. The average molecular weight is 432 g/mol. The molecule has 0 saturated heterocycles. The summed E-state index contributed by atoms with van der Waals surface area (Å²) in [6.07, 6.45) is 4.73. The summed E-state index contributed by atoms with van der Waals surface area (Å²) in [5.74, 6) is 0. The van der Waals surface area contributed by atoms with E-state index < -0.39 is 0 Å². The molecule has 1 aliphatic carbocycles.